The van der Waals surface area contributed by atoms with Crippen LogP contribution in [-0.2, 0) is 21.2 Å². The van der Waals surface area contributed by atoms with E-state index in [-0.39, 0.29) is 18.0 Å². The van der Waals surface area contributed by atoms with Crippen LogP contribution in [0.2, 0.25) is 0 Å². The topological polar surface area (TPSA) is 93.7 Å². The van der Waals surface area contributed by atoms with Crippen LogP contribution in [0, 0.1) is 0 Å². The molecule has 25 heavy (non-hydrogen) atoms. The number of ether oxygens (including phenoxy) is 2. The van der Waals surface area contributed by atoms with Crippen molar-refractivity contribution in [2.75, 3.05) is 30.5 Å². The quantitative estimate of drug-likeness (QED) is 0.786. The lowest BCUT2D eigenvalue weighted by Crippen LogP contribution is -2.16. The van der Waals surface area contributed by atoms with Crippen molar-refractivity contribution in [2.24, 2.45) is 0 Å². The van der Waals surface area contributed by atoms with E-state index in [1.165, 1.54) is 13.2 Å². The lowest BCUT2D eigenvalue weighted by molar-refractivity contribution is -0.115. The van der Waals surface area contributed by atoms with Gasteiger partial charge in [0.25, 0.3) is 0 Å². The van der Waals surface area contributed by atoms with E-state index >= 15 is 0 Å². The molecule has 2 aromatic carbocycles. The number of nitrogens with one attached hydrogen (secondary N) is 2. The van der Waals surface area contributed by atoms with Gasteiger partial charge in [0, 0.05) is 11.3 Å². The predicted molar refractivity (Wildman–Crippen MR) is 96.8 cm³/mol. The summed E-state index contributed by atoms with van der Waals surface area (Å²) < 4.78 is 35.6. The summed E-state index contributed by atoms with van der Waals surface area (Å²) in [6.45, 7) is 0. The Morgan fingerprint density at radius 2 is 1.72 bits per heavy atom. The molecule has 0 saturated heterocycles. The van der Waals surface area contributed by atoms with Gasteiger partial charge in [-0.2, -0.15) is 0 Å². The Hall–Kier alpha value is -2.74. The van der Waals surface area contributed by atoms with Crippen LogP contribution in [0.5, 0.6) is 11.5 Å². The van der Waals surface area contributed by atoms with Gasteiger partial charge in [0.15, 0.2) is 0 Å². The Morgan fingerprint density at radius 1 is 1.04 bits per heavy atom. The smallest absolute Gasteiger partial charge is 0.229 e. The van der Waals surface area contributed by atoms with Crippen molar-refractivity contribution in [3.63, 3.8) is 0 Å². The van der Waals surface area contributed by atoms with Crippen LogP contribution in [0.15, 0.2) is 42.5 Å². The van der Waals surface area contributed by atoms with Gasteiger partial charge in [-0.3, -0.25) is 9.52 Å². The molecule has 0 aliphatic carbocycles. The molecule has 0 bridgehead atoms. The monoisotopic (exact) mass is 364 g/mol. The summed E-state index contributed by atoms with van der Waals surface area (Å²) in [5.74, 6) is 0.736. The molecular formula is C17H20N2O5S. The fourth-order valence-corrected chi connectivity index (χ4v) is 2.85. The van der Waals surface area contributed by atoms with Gasteiger partial charge in [-0.15, -0.1) is 0 Å². The third-order valence-corrected chi connectivity index (χ3v) is 3.91. The van der Waals surface area contributed by atoms with E-state index in [0.717, 1.165) is 11.8 Å². The van der Waals surface area contributed by atoms with Crippen LogP contribution in [0.25, 0.3) is 0 Å². The Morgan fingerprint density at radius 3 is 2.36 bits per heavy atom. The van der Waals surface area contributed by atoms with Crippen molar-refractivity contribution in [3.8, 4) is 11.5 Å². The molecule has 0 heterocycles. The largest absolute Gasteiger partial charge is 0.496 e. The molecule has 0 aliphatic heterocycles. The van der Waals surface area contributed by atoms with Crippen molar-refractivity contribution in [3.05, 3.63) is 48.0 Å². The molecule has 2 rings (SSSR count). The highest BCUT2D eigenvalue weighted by Crippen LogP contribution is 2.28. The summed E-state index contributed by atoms with van der Waals surface area (Å²) in [6, 6.07) is 11.9. The Balaban J connectivity index is 2.16. The fourth-order valence-electron chi connectivity index (χ4n) is 2.29. The van der Waals surface area contributed by atoms with Gasteiger partial charge in [-0.05, 0) is 24.3 Å². The minimum Gasteiger partial charge on any atom is -0.496 e. The van der Waals surface area contributed by atoms with Crippen molar-refractivity contribution in [2.45, 2.75) is 6.42 Å². The highest BCUT2D eigenvalue weighted by Gasteiger charge is 2.12. The van der Waals surface area contributed by atoms with Crippen LogP contribution in [0.3, 0.4) is 0 Å². The second-order valence-corrected chi connectivity index (χ2v) is 7.07. The molecule has 0 aromatic heterocycles. The highest BCUT2D eigenvalue weighted by molar-refractivity contribution is 7.92. The number of rotatable bonds is 7. The molecule has 0 atom stereocenters. The molecule has 0 saturated carbocycles. The first-order valence-electron chi connectivity index (χ1n) is 7.40. The zero-order valence-electron chi connectivity index (χ0n) is 14.2. The number of anilines is 2. The van der Waals surface area contributed by atoms with Gasteiger partial charge in [0.05, 0.1) is 32.6 Å². The number of methoxy groups -OCH3 is 2. The molecule has 7 nitrogen and oxygen atoms in total. The maximum absolute atomic E-state index is 12.3. The number of carbonyl (C=O) groups is 1. The average Bonchev–Trinajstić information content (AvgIpc) is 2.54. The summed E-state index contributed by atoms with van der Waals surface area (Å²) in [7, 11) is -0.494. The number of sulfonamides is 1. The predicted octanol–water partition coefficient (Wildman–Crippen LogP) is 2.26. The van der Waals surface area contributed by atoms with E-state index < -0.39 is 10.0 Å². The maximum Gasteiger partial charge on any atom is 0.229 e. The second-order valence-electron chi connectivity index (χ2n) is 5.33. The molecule has 0 radical (unpaired) electrons. The summed E-state index contributed by atoms with van der Waals surface area (Å²) in [5, 5.41) is 2.73. The van der Waals surface area contributed by atoms with E-state index in [4.69, 9.17) is 9.47 Å². The molecule has 0 aliphatic rings. The lowest BCUT2D eigenvalue weighted by atomic mass is 10.1. The molecule has 0 fully saturated rings. The molecule has 8 heteroatoms. The van der Waals surface area contributed by atoms with E-state index in [9.17, 15) is 13.2 Å². The molecule has 0 spiro atoms. The Labute approximate surface area is 147 Å². The van der Waals surface area contributed by atoms with Gasteiger partial charge < -0.3 is 14.8 Å². The number of para-hydroxylation sites is 1. The van der Waals surface area contributed by atoms with E-state index in [1.807, 2.05) is 18.2 Å². The van der Waals surface area contributed by atoms with E-state index in [2.05, 4.69) is 10.0 Å². The number of hydrogen-bond acceptors (Lipinski definition) is 5. The number of carbonyl (C=O) groups excluding carboxylic acids is 1. The molecule has 0 unspecified atom stereocenters. The minimum atomic E-state index is -3.47. The normalized spacial score (nSPS) is 10.8. The van der Waals surface area contributed by atoms with Crippen molar-refractivity contribution < 1.29 is 22.7 Å². The van der Waals surface area contributed by atoms with Crippen LogP contribution < -0.4 is 19.5 Å². The summed E-state index contributed by atoms with van der Waals surface area (Å²) >= 11 is 0. The Bertz CT molecular complexity index is 865. The number of hydrogen-bond donors (Lipinski definition) is 2. The van der Waals surface area contributed by atoms with Gasteiger partial charge in [-0.1, -0.05) is 18.2 Å². The van der Waals surface area contributed by atoms with Crippen LogP contribution in [0.4, 0.5) is 11.4 Å². The van der Waals surface area contributed by atoms with Gasteiger partial charge >= 0.3 is 0 Å². The van der Waals surface area contributed by atoms with Crippen LogP contribution >= 0.6 is 0 Å². The fraction of sp³-hybridized carbons (Fsp3) is 0.235. The third kappa shape index (κ3) is 5.39. The number of benzene rings is 2. The first-order valence-corrected chi connectivity index (χ1v) is 9.29. The summed E-state index contributed by atoms with van der Waals surface area (Å²) in [4.78, 5) is 12.3. The standard InChI is InChI=1S/C17H20N2O5S/c1-23-15-7-5-4-6-12(15)10-17(20)18-13-8-9-16(24-2)14(11-13)19-25(3,21)22/h4-9,11,19H,10H2,1-3H3,(H,18,20). The average molecular weight is 364 g/mol. The minimum absolute atomic E-state index is 0.130. The molecule has 1 amide bonds. The van der Waals surface area contributed by atoms with Crippen molar-refractivity contribution in [1.82, 2.24) is 0 Å². The molecule has 2 N–H and O–H groups in total. The second kappa shape index (κ2) is 7.89. The van der Waals surface area contributed by atoms with Gasteiger partial charge in [0.1, 0.15) is 11.5 Å². The van der Waals surface area contributed by atoms with Crippen molar-refractivity contribution >= 4 is 27.3 Å². The maximum atomic E-state index is 12.3. The third-order valence-electron chi connectivity index (χ3n) is 3.32. The molecular weight excluding hydrogens is 344 g/mol. The molecule has 134 valence electrons. The first kappa shape index (κ1) is 18.6. The number of amides is 1. The van der Waals surface area contributed by atoms with E-state index in [1.54, 1.807) is 25.3 Å². The van der Waals surface area contributed by atoms with Crippen LogP contribution in [0.1, 0.15) is 5.56 Å². The van der Waals surface area contributed by atoms with Crippen molar-refractivity contribution in [1.29, 1.82) is 0 Å². The SMILES string of the molecule is COc1ccccc1CC(=O)Nc1ccc(OC)c(NS(C)(=O)=O)c1. The van der Waals surface area contributed by atoms with Gasteiger partial charge in [-0.25, -0.2) is 8.42 Å². The first-order chi connectivity index (χ1) is 11.8. The zero-order valence-corrected chi connectivity index (χ0v) is 15.0. The zero-order chi connectivity index (χ0) is 18.4. The Kier molecular flexibility index (Phi) is 5.87. The summed E-state index contributed by atoms with van der Waals surface area (Å²) in [6.07, 6.45) is 1.17. The van der Waals surface area contributed by atoms with E-state index in [0.29, 0.717) is 17.2 Å². The lowest BCUT2D eigenvalue weighted by Gasteiger charge is -2.13. The van der Waals surface area contributed by atoms with Gasteiger partial charge in [0.2, 0.25) is 15.9 Å². The highest BCUT2D eigenvalue weighted by atomic mass is 32.2. The summed E-state index contributed by atoms with van der Waals surface area (Å²) in [5.41, 5.74) is 1.46. The van der Waals surface area contributed by atoms with Crippen LogP contribution in [-0.4, -0.2) is 34.8 Å². The molecule has 2 aromatic rings.